The second kappa shape index (κ2) is 5.85. The van der Waals surface area contributed by atoms with Crippen LogP contribution in [-0.2, 0) is 13.7 Å². The quantitative estimate of drug-likeness (QED) is 0.436. The fourth-order valence-corrected chi connectivity index (χ4v) is 2.18. The Morgan fingerprint density at radius 1 is 1.40 bits per heavy atom. The van der Waals surface area contributed by atoms with E-state index in [1.807, 2.05) is 6.07 Å². The molecule has 0 aliphatic heterocycles. The number of aromatic hydroxyl groups is 1. The molecule has 4 nitrogen and oxygen atoms in total. The molecule has 1 aromatic carbocycles. The monoisotopic (exact) mass is 433 g/mol. The second-order valence-electron chi connectivity index (χ2n) is 2.82. The molecule has 0 amide bonds. The summed E-state index contributed by atoms with van der Waals surface area (Å²) in [6.07, 6.45) is 0. The first kappa shape index (κ1) is 13.0. The van der Waals surface area contributed by atoms with E-state index in [0.29, 0.717) is 9.99 Å². The summed E-state index contributed by atoms with van der Waals surface area (Å²) in [7, 11) is 0. The van der Waals surface area contributed by atoms with Gasteiger partial charge in [-0.2, -0.15) is 5.90 Å². The third kappa shape index (κ3) is 2.94. The van der Waals surface area contributed by atoms with Gasteiger partial charge in [0, 0.05) is 14.4 Å². The highest BCUT2D eigenvalue weighted by atomic mass is 127. The molecular weight excluding hydrogens is 424 g/mol. The first-order chi connectivity index (χ1) is 7.13. The summed E-state index contributed by atoms with van der Waals surface area (Å²) in [5.41, 5.74) is 1.80. The highest BCUT2D eigenvalue weighted by molar-refractivity contribution is 14.1. The first-order valence-electron chi connectivity index (χ1n) is 4.01. The van der Waals surface area contributed by atoms with Crippen LogP contribution in [0.15, 0.2) is 12.1 Å². The van der Waals surface area contributed by atoms with Crippen molar-refractivity contribution in [3.8, 4) is 5.75 Å². The molecule has 0 bridgehead atoms. The Balaban J connectivity index is 3.30. The van der Waals surface area contributed by atoms with Gasteiger partial charge in [-0.15, -0.1) is 0 Å². The number of hydrogen-bond acceptors (Lipinski definition) is 4. The average Bonchev–Trinajstić information content (AvgIpc) is 2.28. The lowest BCUT2D eigenvalue weighted by atomic mass is 10.1. The molecule has 0 saturated carbocycles. The van der Waals surface area contributed by atoms with Crippen molar-refractivity contribution in [3.05, 3.63) is 28.8 Å². The summed E-state index contributed by atoms with van der Waals surface area (Å²) in [5, 5.41) is 9.75. The Morgan fingerprint density at radius 3 is 2.53 bits per heavy atom. The molecule has 0 unspecified atom stereocenters. The van der Waals surface area contributed by atoms with Gasteiger partial charge in [0.05, 0.1) is 0 Å². The number of benzene rings is 1. The molecule has 0 aliphatic rings. The van der Waals surface area contributed by atoms with E-state index in [4.69, 9.17) is 5.90 Å². The lowest BCUT2D eigenvalue weighted by Crippen LogP contribution is -2.11. The van der Waals surface area contributed by atoms with E-state index in [0.717, 1.165) is 9.99 Å². The summed E-state index contributed by atoms with van der Waals surface area (Å²) < 4.78 is 1.38. The van der Waals surface area contributed by atoms with Crippen molar-refractivity contribution in [1.82, 2.24) is 0 Å². The van der Waals surface area contributed by atoms with Gasteiger partial charge in [0.15, 0.2) is 0 Å². The second-order valence-corrected chi connectivity index (χ2v) is 4.35. The summed E-state index contributed by atoms with van der Waals surface area (Å²) in [4.78, 5) is 15.4. The molecule has 0 fully saturated rings. The smallest absolute Gasteiger partial charge is 0.360 e. The number of carbonyl (C=O) groups excluding carboxylic acids is 1. The fourth-order valence-electron chi connectivity index (χ4n) is 1.16. The predicted octanol–water partition coefficient (Wildman–Crippen LogP) is 2.29. The van der Waals surface area contributed by atoms with E-state index in [-0.39, 0.29) is 11.3 Å². The van der Waals surface area contributed by atoms with Crippen molar-refractivity contribution in [3.63, 3.8) is 0 Å². The van der Waals surface area contributed by atoms with Gasteiger partial charge in [-0.05, 0) is 11.6 Å². The van der Waals surface area contributed by atoms with Crippen molar-refractivity contribution in [2.75, 3.05) is 0 Å². The van der Waals surface area contributed by atoms with E-state index in [9.17, 15) is 9.90 Å². The number of carbonyl (C=O) groups is 1. The zero-order valence-corrected chi connectivity index (χ0v) is 12.0. The third-order valence-electron chi connectivity index (χ3n) is 1.87. The first-order valence-corrected chi connectivity index (χ1v) is 7.07. The molecule has 1 aromatic rings. The van der Waals surface area contributed by atoms with Crippen LogP contribution in [0.25, 0.3) is 0 Å². The highest BCUT2D eigenvalue weighted by Crippen LogP contribution is 2.28. The summed E-state index contributed by atoms with van der Waals surface area (Å²) in [5.74, 6) is 4.03. The van der Waals surface area contributed by atoms with Crippen molar-refractivity contribution in [2.24, 2.45) is 5.90 Å². The Kier molecular flexibility index (Phi) is 5.06. The Labute approximate surface area is 114 Å². The lowest BCUT2D eigenvalue weighted by molar-refractivity contribution is 0.0500. The number of phenols is 1. The van der Waals surface area contributed by atoms with Gasteiger partial charge in [0.25, 0.3) is 0 Å². The topological polar surface area (TPSA) is 72.5 Å². The normalized spacial score (nSPS) is 10.1. The standard InChI is InChI=1S/C9H9I2NO3/c10-3-5-1-6(4-11)8(13)7(2-5)9(14)15-12/h1-2,13H,3-4,12H2. The molecule has 0 aromatic heterocycles. The summed E-state index contributed by atoms with van der Waals surface area (Å²) >= 11 is 4.30. The molecule has 0 spiro atoms. The van der Waals surface area contributed by atoms with Crippen molar-refractivity contribution in [2.45, 2.75) is 8.86 Å². The molecule has 0 atom stereocenters. The number of halogens is 2. The van der Waals surface area contributed by atoms with Crippen molar-refractivity contribution in [1.29, 1.82) is 0 Å². The van der Waals surface area contributed by atoms with E-state index in [1.54, 1.807) is 6.07 Å². The van der Waals surface area contributed by atoms with Crippen LogP contribution in [-0.4, -0.2) is 11.1 Å². The number of nitrogens with two attached hydrogens (primary N) is 1. The van der Waals surface area contributed by atoms with Crippen LogP contribution in [0.5, 0.6) is 5.75 Å². The van der Waals surface area contributed by atoms with Crippen LogP contribution in [0, 0.1) is 0 Å². The van der Waals surface area contributed by atoms with Gasteiger partial charge in [-0.1, -0.05) is 51.2 Å². The lowest BCUT2D eigenvalue weighted by Gasteiger charge is -2.08. The molecular formula is C9H9I2NO3. The van der Waals surface area contributed by atoms with Crippen LogP contribution in [0.3, 0.4) is 0 Å². The molecule has 3 N–H and O–H groups in total. The van der Waals surface area contributed by atoms with E-state index >= 15 is 0 Å². The number of rotatable bonds is 3. The summed E-state index contributed by atoms with van der Waals surface area (Å²) in [6, 6.07) is 3.45. The van der Waals surface area contributed by atoms with Crippen LogP contribution in [0.4, 0.5) is 0 Å². The van der Waals surface area contributed by atoms with Gasteiger partial charge in [-0.25, -0.2) is 4.79 Å². The van der Waals surface area contributed by atoms with Gasteiger partial charge in [-0.3, -0.25) is 0 Å². The molecule has 15 heavy (non-hydrogen) atoms. The van der Waals surface area contributed by atoms with E-state index in [2.05, 4.69) is 50.0 Å². The van der Waals surface area contributed by atoms with Gasteiger partial charge in [0.2, 0.25) is 0 Å². The molecule has 0 heterocycles. The van der Waals surface area contributed by atoms with Crippen LogP contribution in [0.2, 0.25) is 0 Å². The molecule has 0 aliphatic carbocycles. The maximum atomic E-state index is 11.3. The van der Waals surface area contributed by atoms with Crippen LogP contribution in [0.1, 0.15) is 21.5 Å². The highest BCUT2D eigenvalue weighted by Gasteiger charge is 2.16. The number of alkyl halides is 2. The zero-order chi connectivity index (χ0) is 11.4. The Hall–Kier alpha value is -0.0900. The zero-order valence-electron chi connectivity index (χ0n) is 7.67. The predicted molar refractivity (Wildman–Crippen MR) is 73.2 cm³/mol. The van der Waals surface area contributed by atoms with E-state index in [1.165, 1.54) is 0 Å². The minimum absolute atomic E-state index is 0.0477. The molecule has 6 heteroatoms. The van der Waals surface area contributed by atoms with Crippen molar-refractivity contribution >= 4 is 51.2 Å². The SMILES string of the molecule is NOC(=O)c1cc(CI)cc(CI)c1O. The fraction of sp³-hybridized carbons (Fsp3) is 0.222. The molecule has 82 valence electrons. The number of phenolic OH excluding ortho intramolecular Hbond substituents is 1. The molecule has 1 rings (SSSR count). The average molecular weight is 433 g/mol. The van der Waals surface area contributed by atoms with Crippen LogP contribution >= 0.6 is 45.2 Å². The molecule has 0 saturated heterocycles. The summed E-state index contributed by atoms with van der Waals surface area (Å²) in [6.45, 7) is 0. The van der Waals surface area contributed by atoms with Gasteiger partial charge in [0.1, 0.15) is 11.3 Å². The van der Waals surface area contributed by atoms with Crippen molar-refractivity contribution < 1.29 is 14.7 Å². The molecule has 0 radical (unpaired) electrons. The Morgan fingerprint density at radius 2 is 2.07 bits per heavy atom. The maximum Gasteiger partial charge on any atom is 0.360 e. The van der Waals surface area contributed by atoms with Crippen LogP contribution < -0.4 is 5.90 Å². The van der Waals surface area contributed by atoms with Gasteiger partial charge >= 0.3 is 5.97 Å². The van der Waals surface area contributed by atoms with Gasteiger partial charge < -0.3 is 9.94 Å². The number of hydrogen-bond donors (Lipinski definition) is 2. The van der Waals surface area contributed by atoms with E-state index < -0.39 is 5.97 Å². The maximum absolute atomic E-state index is 11.3. The Bertz CT molecular complexity index is 382. The minimum Gasteiger partial charge on any atom is -0.507 e. The third-order valence-corrected chi connectivity index (χ3v) is 3.58. The largest absolute Gasteiger partial charge is 0.507 e. The minimum atomic E-state index is -0.717.